The van der Waals surface area contributed by atoms with Crippen LogP contribution in [0.3, 0.4) is 0 Å². The summed E-state index contributed by atoms with van der Waals surface area (Å²) in [5.74, 6) is 0. The molecule has 2 aromatic rings. The predicted molar refractivity (Wildman–Crippen MR) is 110 cm³/mol. The Morgan fingerprint density at radius 3 is 2.79 bits per heavy atom. The minimum atomic E-state index is -3.69. The van der Waals surface area contributed by atoms with Gasteiger partial charge in [0.2, 0.25) is 10.0 Å². The maximum Gasteiger partial charge on any atom is 0.249 e. The fourth-order valence-electron chi connectivity index (χ4n) is 4.05. The van der Waals surface area contributed by atoms with E-state index in [0.717, 1.165) is 5.70 Å². The van der Waals surface area contributed by atoms with E-state index in [9.17, 15) is 13.5 Å². The van der Waals surface area contributed by atoms with Crippen LogP contribution in [0.15, 0.2) is 48.5 Å². The summed E-state index contributed by atoms with van der Waals surface area (Å²) in [5.41, 5.74) is 2.07. The zero-order valence-corrected chi connectivity index (χ0v) is 17.0. The maximum atomic E-state index is 13.4. The first-order valence-corrected chi connectivity index (χ1v) is 11.3. The molecule has 7 heteroatoms. The number of nitrogens with zero attached hydrogens (tertiary/aromatic N) is 2. The third-order valence-corrected chi connectivity index (χ3v) is 8.19. The van der Waals surface area contributed by atoms with E-state index in [1.54, 1.807) is 31.3 Å². The number of aliphatic hydroxyl groups excluding tert-OH is 1. The van der Waals surface area contributed by atoms with Crippen molar-refractivity contribution >= 4 is 21.1 Å². The van der Waals surface area contributed by atoms with Gasteiger partial charge in [0.05, 0.1) is 6.61 Å². The summed E-state index contributed by atoms with van der Waals surface area (Å²) in [5, 5.41) is 13.5. The Hall–Kier alpha value is -2.12. The first-order valence-electron chi connectivity index (χ1n) is 9.91. The van der Waals surface area contributed by atoms with E-state index < -0.39 is 14.8 Å². The lowest BCUT2D eigenvalue weighted by molar-refractivity contribution is 0.281. The van der Waals surface area contributed by atoms with Crippen LogP contribution in [0.1, 0.15) is 51.0 Å². The van der Waals surface area contributed by atoms with Gasteiger partial charge in [0, 0.05) is 29.5 Å². The summed E-state index contributed by atoms with van der Waals surface area (Å²) in [6, 6.07) is 3.98. The molecule has 28 heavy (non-hydrogen) atoms. The van der Waals surface area contributed by atoms with Gasteiger partial charge in [-0.2, -0.15) is 0 Å². The third-order valence-electron chi connectivity index (χ3n) is 5.90. The van der Waals surface area contributed by atoms with E-state index in [1.165, 1.54) is 42.3 Å². The van der Waals surface area contributed by atoms with Crippen molar-refractivity contribution in [3.63, 3.8) is 0 Å². The molecule has 0 saturated heterocycles. The van der Waals surface area contributed by atoms with E-state index in [1.807, 2.05) is 12.2 Å². The van der Waals surface area contributed by atoms with Crippen LogP contribution in [0, 0.1) is 0 Å². The summed E-state index contributed by atoms with van der Waals surface area (Å²) in [7, 11) is -3.69. The highest BCUT2D eigenvalue weighted by Crippen LogP contribution is 2.32. The van der Waals surface area contributed by atoms with E-state index in [-0.39, 0.29) is 6.61 Å². The zero-order valence-electron chi connectivity index (χ0n) is 16.1. The SMILES string of the molecule is CC1(S(=O)(=O)n2ccc3cc(CO)cnc32)C=CC(NC2CCCCC2)=CC1. The Kier molecular flexibility index (Phi) is 5.05. The molecule has 2 N–H and O–H groups in total. The molecule has 0 aromatic carbocycles. The van der Waals surface area contributed by atoms with Crippen LogP contribution in [0.5, 0.6) is 0 Å². The van der Waals surface area contributed by atoms with Gasteiger partial charge in [-0.15, -0.1) is 0 Å². The molecule has 1 fully saturated rings. The quantitative estimate of drug-likeness (QED) is 0.804. The smallest absolute Gasteiger partial charge is 0.249 e. The van der Waals surface area contributed by atoms with Crippen LogP contribution in [0.25, 0.3) is 11.0 Å². The van der Waals surface area contributed by atoms with Gasteiger partial charge < -0.3 is 10.4 Å². The normalized spacial score (nSPS) is 23.7. The van der Waals surface area contributed by atoms with Gasteiger partial charge in [-0.3, -0.25) is 0 Å². The summed E-state index contributed by atoms with van der Waals surface area (Å²) >= 11 is 0. The number of pyridine rings is 1. The molecule has 2 heterocycles. The Balaban J connectivity index is 1.57. The fraction of sp³-hybridized carbons (Fsp3) is 0.476. The van der Waals surface area contributed by atoms with E-state index in [4.69, 9.17) is 0 Å². The van der Waals surface area contributed by atoms with Crippen molar-refractivity contribution < 1.29 is 13.5 Å². The van der Waals surface area contributed by atoms with Gasteiger partial charge in [0.15, 0.2) is 5.65 Å². The lowest BCUT2D eigenvalue weighted by Crippen LogP contribution is -2.39. The summed E-state index contributed by atoms with van der Waals surface area (Å²) in [4.78, 5) is 4.27. The highest BCUT2D eigenvalue weighted by atomic mass is 32.2. The Bertz CT molecular complexity index is 1030. The molecule has 0 amide bonds. The molecule has 0 radical (unpaired) electrons. The molecule has 6 nitrogen and oxygen atoms in total. The maximum absolute atomic E-state index is 13.4. The predicted octanol–water partition coefficient (Wildman–Crippen LogP) is 3.23. The Morgan fingerprint density at radius 1 is 1.32 bits per heavy atom. The van der Waals surface area contributed by atoms with Gasteiger partial charge in [0.1, 0.15) is 4.75 Å². The summed E-state index contributed by atoms with van der Waals surface area (Å²) in [6.07, 6.45) is 15.3. The van der Waals surface area contributed by atoms with Crippen LogP contribution in [-0.2, 0) is 16.6 Å². The lowest BCUT2D eigenvalue weighted by Gasteiger charge is -2.30. The second-order valence-electron chi connectivity index (χ2n) is 8.02. The third kappa shape index (κ3) is 3.37. The largest absolute Gasteiger partial charge is 0.392 e. The second-order valence-corrected chi connectivity index (χ2v) is 10.3. The molecule has 4 rings (SSSR count). The average molecular weight is 402 g/mol. The van der Waals surface area contributed by atoms with Gasteiger partial charge in [0.25, 0.3) is 0 Å². The second kappa shape index (κ2) is 7.37. The van der Waals surface area contributed by atoms with Crippen molar-refractivity contribution in [2.24, 2.45) is 0 Å². The molecule has 2 aromatic heterocycles. The molecule has 1 unspecified atom stereocenters. The lowest BCUT2D eigenvalue weighted by atomic mass is 9.94. The minimum absolute atomic E-state index is 0.122. The first kappa shape index (κ1) is 19.2. The number of rotatable bonds is 5. The highest BCUT2D eigenvalue weighted by molar-refractivity contribution is 7.91. The standard InChI is InChI=1S/C21H27N3O3S/c1-21(10-7-19(8-11-21)23-18-5-3-2-4-6-18)28(26,27)24-12-9-17-13-16(15-25)14-22-20(17)24/h7-10,12-14,18,23,25H,2-6,11,15H2,1H3. The number of aromatic nitrogens is 2. The van der Waals surface area contributed by atoms with Crippen LogP contribution in [-0.4, -0.2) is 33.3 Å². The molecular formula is C21H27N3O3S. The summed E-state index contributed by atoms with van der Waals surface area (Å²) in [6.45, 7) is 1.63. The van der Waals surface area contributed by atoms with Gasteiger partial charge in [-0.1, -0.05) is 31.4 Å². The zero-order chi connectivity index (χ0) is 19.8. The number of fused-ring (bicyclic) bond motifs is 1. The highest BCUT2D eigenvalue weighted by Gasteiger charge is 2.39. The number of hydrogen-bond donors (Lipinski definition) is 2. The van der Waals surface area contributed by atoms with Crippen LogP contribution < -0.4 is 5.32 Å². The minimum Gasteiger partial charge on any atom is -0.392 e. The number of hydrogen-bond acceptors (Lipinski definition) is 5. The van der Waals surface area contributed by atoms with Crippen LogP contribution >= 0.6 is 0 Å². The number of allylic oxidation sites excluding steroid dienone is 2. The van der Waals surface area contributed by atoms with Crippen molar-refractivity contribution in [3.05, 3.63) is 54.0 Å². The molecule has 0 bridgehead atoms. The van der Waals surface area contributed by atoms with Crippen molar-refractivity contribution in [3.8, 4) is 0 Å². The molecule has 2 aliphatic carbocycles. The Labute approximate surface area is 166 Å². The van der Waals surface area contributed by atoms with Crippen molar-refractivity contribution in [1.29, 1.82) is 0 Å². The Morgan fingerprint density at radius 2 is 2.11 bits per heavy atom. The molecule has 1 atom stereocenters. The van der Waals surface area contributed by atoms with Crippen molar-refractivity contribution in [2.45, 2.75) is 62.8 Å². The van der Waals surface area contributed by atoms with Crippen LogP contribution in [0.2, 0.25) is 0 Å². The monoisotopic (exact) mass is 401 g/mol. The molecular weight excluding hydrogens is 374 g/mol. The molecule has 0 aliphatic heterocycles. The molecule has 1 saturated carbocycles. The topological polar surface area (TPSA) is 84.2 Å². The number of aliphatic hydroxyl groups is 1. The summed E-state index contributed by atoms with van der Waals surface area (Å²) < 4.78 is 27.0. The first-order chi connectivity index (χ1) is 13.4. The molecule has 0 spiro atoms. The van der Waals surface area contributed by atoms with E-state index >= 15 is 0 Å². The van der Waals surface area contributed by atoms with Gasteiger partial charge in [-0.05, 0) is 50.0 Å². The molecule has 2 aliphatic rings. The van der Waals surface area contributed by atoms with E-state index in [0.29, 0.717) is 29.1 Å². The van der Waals surface area contributed by atoms with Crippen LogP contribution in [0.4, 0.5) is 0 Å². The van der Waals surface area contributed by atoms with Crippen molar-refractivity contribution in [1.82, 2.24) is 14.3 Å². The van der Waals surface area contributed by atoms with E-state index in [2.05, 4.69) is 10.3 Å². The van der Waals surface area contributed by atoms with Gasteiger partial charge >= 0.3 is 0 Å². The average Bonchev–Trinajstić information content (AvgIpc) is 3.14. The van der Waals surface area contributed by atoms with Crippen molar-refractivity contribution in [2.75, 3.05) is 0 Å². The molecule has 150 valence electrons. The fourth-order valence-corrected chi connectivity index (χ4v) is 5.63. The van der Waals surface area contributed by atoms with Gasteiger partial charge in [-0.25, -0.2) is 17.4 Å². The number of nitrogens with one attached hydrogen (secondary N) is 1.